The summed E-state index contributed by atoms with van der Waals surface area (Å²) in [7, 11) is -1.25. The minimum Gasteiger partial charge on any atom is -0.346 e. The van der Waals surface area contributed by atoms with Gasteiger partial charge in [-0.15, -0.1) is 0 Å². The van der Waals surface area contributed by atoms with Gasteiger partial charge in [0.1, 0.15) is 0 Å². The topological polar surface area (TPSA) is 75.7 Å². The first-order valence-electron chi connectivity index (χ1n) is 7.77. The van der Waals surface area contributed by atoms with Crippen LogP contribution in [0, 0.1) is 6.92 Å². The predicted octanol–water partition coefficient (Wildman–Crippen LogP) is 2.67. The molecule has 0 aromatic heterocycles. The lowest BCUT2D eigenvalue weighted by atomic mass is 10.0. The van der Waals surface area contributed by atoms with E-state index in [0.29, 0.717) is 0 Å². The van der Waals surface area contributed by atoms with Gasteiger partial charge in [0.25, 0.3) is 15.9 Å². The maximum atomic E-state index is 12.5. The van der Waals surface area contributed by atoms with Crippen molar-refractivity contribution >= 4 is 15.9 Å². The van der Waals surface area contributed by atoms with Crippen LogP contribution in [0.2, 0.25) is 0 Å². The van der Waals surface area contributed by atoms with Gasteiger partial charge in [-0.1, -0.05) is 34.8 Å². The summed E-state index contributed by atoms with van der Waals surface area (Å²) in [5, 5.41) is 2.90. The summed E-state index contributed by atoms with van der Waals surface area (Å²) in [6.45, 7) is 3.87. The molecule has 6 nitrogen and oxygen atoms in total. The van der Waals surface area contributed by atoms with Gasteiger partial charge in [-0.3, -0.25) is 9.63 Å². The van der Waals surface area contributed by atoms with Crippen LogP contribution < -0.4 is 5.32 Å². The second kappa shape index (κ2) is 7.77. The van der Waals surface area contributed by atoms with Gasteiger partial charge in [0.05, 0.1) is 18.0 Å². The second-order valence-corrected chi connectivity index (χ2v) is 7.61. The van der Waals surface area contributed by atoms with Crippen LogP contribution in [0.15, 0.2) is 53.4 Å². The highest BCUT2D eigenvalue weighted by Crippen LogP contribution is 2.19. The van der Waals surface area contributed by atoms with Crippen molar-refractivity contribution in [2.75, 3.05) is 14.2 Å². The SMILES string of the molecule is CON(C)S(=O)(=O)c1cccc(C(=O)NC(C)c2ccccc2C)c1. The lowest BCUT2D eigenvalue weighted by Crippen LogP contribution is -2.28. The molecule has 1 N–H and O–H groups in total. The third-order valence-corrected chi connectivity index (χ3v) is 5.67. The summed E-state index contributed by atoms with van der Waals surface area (Å²) in [6, 6.07) is 13.5. The fourth-order valence-electron chi connectivity index (χ4n) is 2.47. The van der Waals surface area contributed by atoms with E-state index in [1.165, 1.54) is 32.4 Å². The first kappa shape index (κ1) is 19.1. The molecule has 0 radical (unpaired) electrons. The number of hydrogen-bond donors (Lipinski definition) is 1. The average Bonchev–Trinajstić information content (AvgIpc) is 2.61. The molecule has 0 aliphatic heterocycles. The summed E-state index contributed by atoms with van der Waals surface area (Å²) in [5.74, 6) is -0.340. The number of sulfonamides is 1. The molecule has 0 fully saturated rings. The molecule has 0 heterocycles. The number of aryl methyl sites for hydroxylation is 1. The molecule has 25 heavy (non-hydrogen) atoms. The molecule has 134 valence electrons. The minimum atomic E-state index is -3.80. The number of nitrogens with one attached hydrogen (secondary N) is 1. The lowest BCUT2D eigenvalue weighted by Gasteiger charge is -2.17. The summed E-state index contributed by atoms with van der Waals surface area (Å²) in [5.41, 5.74) is 2.36. The Labute approximate surface area is 148 Å². The number of carbonyl (C=O) groups excluding carboxylic acids is 1. The van der Waals surface area contributed by atoms with E-state index in [9.17, 15) is 13.2 Å². The van der Waals surface area contributed by atoms with Crippen molar-refractivity contribution in [3.63, 3.8) is 0 Å². The molecule has 0 spiro atoms. The quantitative estimate of drug-likeness (QED) is 0.802. The number of amides is 1. The molecular formula is C18H22N2O4S. The fourth-order valence-corrected chi connectivity index (χ4v) is 3.49. The Balaban J connectivity index is 2.24. The normalized spacial score (nSPS) is 12.8. The monoisotopic (exact) mass is 362 g/mol. The zero-order valence-electron chi connectivity index (χ0n) is 14.7. The van der Waals surface area contributed by atoms with E-state index < -0.39 is 10.0 Å². The number of hydrogen-bond acceptors (Lipinski definition) is 4. The summed E-state index contributed by atoms with van der Waals surface area (Å²) in [4.78, 5) is 17.3. The Hall–Kier alpha value is -2.22. The third kappa shape index (κ3) is 4.25. The molecule has 2 aromatic carbocycles. The molecule has 0 aliphatic rings. The highest BCUT2D eigenvalue weighted by Gasteiger charge is 2.22. The van der Waals surface area contributed by atoms with E-state index in [2.05, 4.69) is 5.32 Å². The van der Waals surface area contributed by atoms with Crippen molar-refractivity contribution in [1.29, 1.82) is 0 Å². The van der Waals surface area contributed by atoms with Crippen molar-refractivity contribution in [1.82, 2.24) is 9.79 Å². The maximum Gasteiger partial charge on any atom is 0.264 e. The number of benzene rings is 2. The molecule has 2 rings (SSSR count). The van der Waals surface area contributed by atoms with Crippen LogP contribution >= 0.6 is 0 Å². The van der Waals surface area contributed by atoms with Gasteiger partial charge in [0.2, 0.25) is 0 Å². The second-order valence-electron chi connectivity index (χ2n) is 5.68. The Morgan fingerprint density at radius 3 is 2.48 bits per heavy atom. The summed E-state index contributed by atoms with van der Waals surface area (Å²) in [6.07, 6.45) is 0. The van der Waals surface area contributed by atoms with Crippen LogP contribution in [-0.4, -0.2) is 33.0 Å². The van der Waals surface area contributed by atoms with Gasteiger partial charge in [-0.25, -0.2) is 8.42 Å². The van der Waals surface area contributed by atoms with Gasteiger partial charge in [0, 0.05) is 12.6 Å². The van der Waals surface area contributed by atoms with E-state index >= 15 is 0 Å². The van der Waals surface area contributed by atoms with Gasteiger partial charge in [0.15, 0.2) is 0 Å². The Bertz CT molecular complexity index is 865. The van der Waals surface area contributed by atoms with Crippen LogP contribution in [0.4, 0.5) is 0 Å². The van der Waals surface area contributed by atoms with E-state index in [-0.39, 0.29) is 22.4 Å². The van der Waals surface area contributed by atoms with Crippen LogP contribution in [0.25, 0.3) is 0 Å². The van der Waals surface area contributed by atoms with Gasteiger partial charge in [-0.05, 0) is 43.2 Å². The highest BCUT2D eigenvalue weighted by atomic mass is 32.2. The van der Waals surface area contributed by atoms with Crippen LogP contribution in [0.5, 0.6) is 0 Å². The molecule has 1 unspecified atom stereocenters. The molecule has 0 saturated heterocycles. The van der Waals surface area contributed by atoms with Gasteiger partial charge >= 0.3 is 0 Å². The Morgan fingerprint density at radius 1 is 1.16 bits per heavy atom. The lowest BCUT2D eigenvalue weighted by molar-refractivity contribution is -0.0258. The van der Waals surface area contributed by atoms with Crippen molar-refractivity contribution in [2.45, 2.75) is 24.8 Å². The largest absolute Gasteiger partial charge is 0.346 e. The van der Waals surface area contributed by atoms with E-state index in [4.69, 9.17) is 4.84 Å². The molecule has 1 amide bonds. The summed E-state index contributed by atoms with van der Waals surface area (Å²) >= 11 is 0. The number of carbonyl (C=O) groups is 1. The van der Waals surface area contributed by atoms with E-state index in [0.717, 1.165) is 15.6 Å². The fraction of sp³-hybridized carbons (Fsp3) is 0.278. The third-order valence-electron chi connectivity index (χ3n) is 3.99. The smallest absolute Gasteiger partial charge is 0.264 e. The predicted molar refractivity (Wildman–Crippen MR) is 95.5 cm³/mol. The van der Waals surface area contributed by atoms with Crippen molar-refractivity contribution in [3.8, 4) is 0 Å². The van der Waals surface area contributed by atoms with Crippen LogP contribution in [0.1, 0.15) is 34.5 Å². The number of nitrogens with zero attached hydrogens (tertiary/aromatic N) is 1. The first-order chi connectivity index (χ1) is 11.8. The maximum absolute atomic E-state index is 12.5. The molecular weight excluding hydrogens is 340 g/mol. The van der Waals surface area contributed by atoms with Crippen molar-refractivity contribution < 1.29 is 18.0 Å². The van der Waals surface area contributed by atoms with Crippen LogP contribution in [0.3, 0.4) is 0 Å². The van der Waals surface area contributed by atoms with Gasteiger partial charge in [-0.2, -0.15) is 0 Å². The minimum absolute atomic E-state index is 0.00644. The molecule has 0 aliphatic carbocycles. The number of hydroxylamine groups is 1. The Kier molecular flexibility index (Phi) is 5.94. The molecule has 0 saturated carbocycles. The zero-order chi connectivity index (χ0) is 18.6. The first-order valence-corrected chi connectivity index (χ1v) is 9.21. The molecule has 0 bridgehead atoms. The van der Waals surface area contributed by atoms with Crippen LogP contribution in [-0.2, 0) is 14.9 Å². The number of rotatable bonds is 6. The molecule has 2 aromatic rings. The summed E-state index contributed by atoms with van der Waals surface area (Å²) < 4.78 is 25.3. The van der Waals surface area contributed by atoms with Gasteiger partial charge < -0.3 is 5.32 Å². The average molecular weight is 362 g/mol. The van der Waals surface area contributed by atoms with Crippen molar-refractivity contribution in [3.05, 3.63) is 65.2 Å². The van der Waals surface area contributed by atoms with Crippen molar-refractivity contribution in [2.24, 2.45) is 0 Å². The van der Waals surface area contributed by atoms with E-state index in [1.807, 2.05) is 38.1 Å². The molecule has 7 heteroatoms. The molecule has 1 atom stereocenters. The zero-order valence-corrected chi connectivity index (χ0v) is 15.5. The Morgan fingerprint density at radius 2 is 1.84 bits per heavy atom. The highest BCUT2D eigenvalue weighted by molar-refractivity contribution is 7.89. The standard InChI is InChI=1S/C18H22N2O4S/c1-13-8-5-6-11-17(13)14(2)19-18(21)15-9-7-10-16(12-15)25(22,23)20(3)24-4/h5-12,14H,1-4H3,(H,19,21). The van der Waals surface area contributed by atoms with E-state index in [1.54, 1.807) is 6.07 Å².